The second kappa shape index (κ2) is 6.00. The zero-order valence-corrected chi connectivity index (χ0v) is 11.9. The number of hydrogen-bond donors (Lipinski definition) is 2. The van der Waals surface area contributed by atoms with Crippen LogP contribution in [0.15, 0.2) is 24.3 Å². The van der Waals surface area contributed by atoms with E-state index >= 15 is 0 Å². The minimum Gasteiger partial charge on any atom is -0.449 e. The highest BCUT2D eigenvalue weighted by molar-refractivity contribution is 7.91. The van der Waals surface area contributed by atoms with Gasteiger partial charge in [-0.15, -0.1) is 0 Å². The number of nitrogens with one attached hydrogen (secondary N) is 2. The molecule has 0 aromatic heterocycles. The number of benzene rings is 1. The molecule has 2 rings (SSSR count). The van der Waals surface area contributed by atoms with Crippen LogP contribution in [0, 0.1) is 0 Å². The number of amides is 1. The highest BCUT2D eigenvalue weighted by Crippen LogP contribution is 2.29. The van der Waals surface area contributed by atoms with Gasteiger partial charge < -0.3 is 10.1 Å². The number of rotatable bonds is 3. The molecule has 1 heterocycles. The van der Waals surface area contributed by atoms with Crippen molar-refractivity contribution in [3.05, 3.63) is 24.3 Å². The fourth-order valence-electron chi connectivity index (χ4n) is 1.98. The molecular weight excluding hydrogens is 282 g/mol. The summed E-state index contributed by atoms with van der Waals surface area (Å²) in [5, 5.41) is 3.16. The summed E-state index contributed by atoms with van der Waals surface area (Å²) < 4.78 is 32.2. The number of anilines is 2. The maximum absolute atomic E-state index is 12.3. The molecule has 7 nitrogen and oxygen atoms in total. The minimum atomic E-state index is -3.97. The summed E-state index contributed by atoms with van der Waals surface area (Å²) in [5.74, 6) is 0. The van der Waals surface area contributed by atoms with Crippen LogP contribution in [-0.2, 0) is 14.9 Å². The Hall–Kier alpha value is -1.96. The smallest absolute Gasteiger partial charge is 0.422 e. The Morgan fingerprint density at radius 3 is 2.95 bits per heavy atom. The second-order valence-electron chi connectivity index (χ2n) is 4.20. The Balaban J connectivity index is 2.29. The molecule has 0 spiro atoms. The molecule has 1 aliphatic rings. The maximum Gasteiger partial charge on any atom is 0.422 e. The summed E-state index contributed by atoms with van der Waals surface area (Å²) >= 11 is 0. The molecule has 1 aromatic carbocycles. The van der Waals surface area contributed by atoms with E-state index in [1.54, 1.807) is 25.1 Å². The molecule has 0 aliphatic carbocycles. The van der Waals surface area contributed by atoms with Gasteiger partial charge in [-0.2, -0.15) is 8.42 Å². The second-order valence-corrected chi connectivity index (χ2v) is 5.79. The SMILES string of the molecule is CCOC(=O)NS(=O)(=O)N1CCCNc2ccccc21. The third-order valence-corrected chi connectivity index (χ3v) is 4.19. The third kappa shape index (κ3) is 3.13. The summed E-state index contributed by atoms with van der Waals surface area (Å²) in [4.78, 5) is 11.3. The number of para-hydroxylation sites is 2. The molecule has 0 saturated heterocycles. The van der Waals surface area contributed by atoms with E-state index in [9.17, 15) is 13.2 Å². The van der Waals surface area contributed by atoms with Crippen molar-refractivity contribution in [2.24, 2.45) is 0 Å². The van der Waals surface area contributed by atoms with Gasteiger partial charge >= 0.3 is 16.3 Å². The number of hydrogen-bond acceptors (Lipinski definition) is 5. The zero-order valence-electron chi connectivity index (χ0n) is 11.1. The number of fused-ring (bicyclic) bond motifs is 1. The molecule has 1 aromatic rings. The van der Waals surface area contributed by atoms with Crippen LogP contribution in [0.25, 0.3) is 0 Å². The molecule has 0 fully saturated rings. The van der Waals surface area contributed by atoms with E-state index in [1.165, 1.54) is 4.31 Å². The van der Waals surface area contributed by atoms with Crippen LogP contribution in [0.3, 0.4) is 0 Å². The van der Waals surface area contributed by atoms with Gasteiger partial charge in [-0.05, 0) is 25.5 Å². The van der Waals surface area contributed by atoms with Gasteiger partial charge in [-0.3, -0.25) is 4.31 Å². The predicted molar refractivity (Wildman–Crippen MR) is 76.0 cm³/mol. The van der Waals surface area contributed by atoms with Gasteiger partial charge in [-0.25, -0.2) is 9.52 Å². The molecule has 0 bridgehead atoms. The molecule has 20 heavy (non-hydrogen) atoms. The molecular formula is C12H17N3O4S. The van der Waals surface area contributed by atoms with Crippen LogP contribution < -0.4 is 14.3 Å². The van der Waals surface area contributed by atoms with E-state index in [1.807, 2.05) is 10.8 Å². The summed E-state index contributed by atoms with van der Waals surface area (Å²) in [7, 11) is -3.97. The largest absolute Gasteiger partial charge is 0.449 e. The Kier molecular flexibility index (Phi) is 4.33. The first-order valence-electron chi connectivity index (χ1n) is 6.34. The van der Waals surface area contributed by atoms with Crippen molar-refractivity contribution in [2.75, 3.05) is 29.3 Å². The summed E-state index contributed by atoms with van der Waals surface area (Å²) in [6.45, 7) is 2.68. The van der Waals surface area contributed by atoms with E-state index in [2.05, 4.69) is 10.1 Å². The summed E-state index contributed by atoms with van der Waals surface area (Å²) in [6, 6.07) is 7.06. The fraction of sp³-hybridized carbons (Fsp3) is 0.417. The van der Waals surface area contributed by atoms with Gasteiger partial charge in [0, 0.05) is 13.1 Å². The average Bonchev–Trinajstić information content (AvgIpc) is 2.60. The van der Waals surface area contributed by atoms with Gasteiger partial charge in [0.1, 0.15) is 0 Å². The highest BCUT2D eigenvalue weighted by Gasteiger charge is 2.28. The zero-order chi connectivity index (χ0) is 14.6. The predicted octanol–water partition coefficient (Wildman–Crippen LogP) is 1.30. The lowest BCUT2D eigenvalue weighted by molar-refractivity contribution is 0.158. The molecule has 1 amide bonds. The summed E-state index contributed by atoms with van der Waals surface area (Å²) in [6.07, 6.45) is -0.333. The van der Waals surface area contributed by atoms with Crippen LogP contribution >= 0.6 is 0 Å². The van der Waals surface area contributed by atoms with Crippen molar-refractivity contribution in [2.45, 2.75) is 13.3 Å². The molecule has 0 atom stereocenters. The van der Waals surface area contributed by atoms with Crippen LogP contribution in [0.2, 0.25) is 0 Å². The Morgan fingerprint density at radius 1 is 1.45 bits per heavy atom. The van der Waals surface area contributed by atoms with Crippen molar-refractivity contribution in [1.82, 2.24) is 4.72 Å². The number of nitrogens with zero attached hydrogens (tertiary/aromatic N) is 1. The lowest BCUT2D eigenvalue weighted by atomic mass is 10.2. The topological polar surface area (TPSA) is 87.7 Å². The Morgan fingerprint density at radius 2 is 2.20 bits per heavy atom. The number of ether oxygens (including phenoxy) is 1. The van der Waals surface area contributed by atoms with Crippen molar-refractivity contribution in [3.8, 4) is 0 Å². The summed E-state index contributed by atoms with van der Waals surface area (Å²) in [5.41, 5.74) is 1.24. The first-order valence-corrected chi connectivity index (χ1v) is 7.78. The standard InChI is InChI=1S/C12H17N3O4S/c1-2-19-12(16)14-20(17,18)15-9-5-8-13-10-6-3-4-7-11(10)15/h3-4,6-7,13H,2,5,8-9H2,1H3,(H,14,16). The number of carbonyl (C=O) groups is 1. The number of carbonyl (C=O) groups excluding carboxylic acids is 1. The Labute approximate surface area is 118 Å². The first-order chi connectivity index (χ1) is 9.54. The minimum absolute atomic E-state index is 0.111. The maximum atomic E-state index is 12.3. The first kappa shape index (κ1) is 14.4. The van der Waals surface area contributed by atoms with Gasteiger partial charge in [-0.1, -0.05) is 12.1 Å². The van der Waals surface area contributed by atoms with Crippen LogP contribution in [0.4, 0.5) is 16.2 Å². The van der Waals surface area contributed by atoms with Gasteiger partial charge in [0.05, 0.1) is 18.0 Å². The lowest BCUT2D eigenvalue weighted by Gasteiger charge is -2.23. The van der Waals surface area contributed by atoms with Gasteiger partial charge in [0.2, 0.25) is 0 Å². The highest BCUT2D eigenvalue weighted by atomic mass is 32.2. The van der Waals surface area contributed by atoms with Gasteiger partial charge in [0.25, 0.3) is 0 Å². The molecule has 0 unspecified atom stereocenters. The van der Waals surface area contributed by atoms with Crippen molar-refractivity contribution < 1.29 is 17.9 Å². The van der Waals surface area contributed by atoms with Crippen molar-refractivity contribution >= 4 is 27.7 Å². The Bertz CT molecular complexity index is 588. The lowest BCUT2D eigenvalue weighted by Crippen LogP contribution is -2.44. The molecule has 1 aliphatic heterocycles. The van der Waals surface area contributed by atoms with Crippen molar-refractivity contribution in [1.29, 1.82) is 0 Å². The van der Waals surface area contributed by atoms with E-state index in [0.29, 0.717) is 25.2 Å². The van der Waals surface area contributed by atoms with Crippen LogP contribution in [-0.4, -0.2) is 34.2 Å². The molecule has 0 radical (unpaired) electrons. The third-order valence-electron chi connectivity index (χ3n) is 2.80. The van der Waals surface area contributed by atoms with Crippen LogP contribution in [0.5, 0.6) is 0 Å². The van der Waals surface area contributed by atoms with Crippen molar-refractivity contribution in [3.63, 3.8) is 0 Å². The fourth-order valence-corrected chi connectivity index (χ4v) is 3.14. The van der Waals surface area contributed by atoms with E-state index in [-0.39, 0.29) is 6.61 Å². The van der Waals surface area contributed by atoms with Gasteiger partial charge in [0.15, 0.2) is 0 Å². The van der Waals surface area contributed by atoms with E-state index in [4.69, 9.17) is 0 Å². The molecule has 2 N–H and O–H groups in total. The van der Waals surface area contributed by atoms with E-state index in [0.717, 1.165) is 5.69 Å². The monoisotopic (exact) mass is 299 g/mol. The normalized spacial score (nSPS) is 14.8. The average molecular weight is 299 g/mol. The van der Waals surface area contributed by atoms with Crippen LogP contribution in [0.1, 0.15) is 13.3 Å². The molecule has 0 saturated carbocycles. The molecule has 8 heteroatoms. The quantitative estimate of drug-likeness (QED) is 0.878. The van der Waals surface area contributed by atoms with E-state index < -0.39 is 16.3 Å². The molecule has 110 valence electrons.